The molecule has 0 saturated carbocycles. The van der Waals surface area contributed by atoms with Crippen molar-refractivity contribution in [3.8, 4) is 0 Å². The number of halogens is 2. The van der Waals surface area contributed by atoms with Gasteiger partial charge in [-0.1, -0.05) is 17.7 Å². The number of carbonyl (C=O) groups is 1. The van der Waals surface area contributed by atoms with E-state index in [1.165, 1.54) is 18.2 Å². The van der Waals surface area contributed by atoms with Crippen LogP contribution in [-0.4, -0.2) is 42.0 Å². The maximum absolute atomic E-state index is 13.3. The van der Waals surface area contributed by atoms with E-state index in [0.717, 1.165) is 44.0 Å². The highest BCUT2D eigenvalue weighted by atomic mass is 35.5. The summed E-state index contributed by atoms with van der Waals surface area (Å²) in [5.74, 6) is 0.832. The lowest BCUT2D eigenvalue weighted by Crippen LogP contribution is -2.40. The van der Waals surface area contributed by atoms with E-state index in [9.17, 15) is 9.18 Å². The second kappa shape index (κ2) is 9.85. The predicted molar refractivity (Wildman–Crippen MR) is 110 cm³/mol. The molecule has 1 aromatic carbocycles. The molecule has 1 amide bonds. The molecule has 7 heteroatoms. The number of carbonyl (C=O) groups excluding carboxylic acids is 1. The standard InChI is InChI=1S/C21H26ClFN4O/c1-2-25-20-5-3-4-17(26-20)14-24-13-15-8-10-27(11-9-15)21(28)16-6-7-19(23)18(22)12-16/h3-7,12,15,24H,2,8-11,13-14H2,1H3,(H,25,26). The van der Waals surface area contributed by atoms with Gasteiger partial charge in [0, 0.05) is 31.7 Å². The van der Waals surface area contributed by atoms with Gasteiger partial charge in [-0.25, -0.2) is 9.37 Å². The Morgan fingerprint density at radius 1 is 1.29 bits per heavy atom. The Kier molecular flexibility index (Phi) is 7.23. The number of benzene rings is 1. The molecule has 28 heavy (non-hydrogen) atoms. The molecule has 0 bridgehead atoms. The predicted octanol–water partition coefficient (Wildman–Crippen LogP) is 3.95. The number of hydrogen-bond donors (Lipinski definition) is 2. The number of pyridine rings is 1. The van der Waals surface area contributed by atoms with Gasteiger partial charge in [-0.15, -0.1) is 0 Å². The maximum Gasteiger partial charge on any atom is 0.253 e. The maximum atomic E-state index is 13.3. The zero-order valence-corrected chi connectivity index (χ0v) is 16.8. The molecule has 1 aliphatic rings. The topological polar surface area (TPSA) is 57.3 Å². The zero-order valence-electron chi connectivity index (χ0n) is 16.0. The molecule has 5 nitrogen and oxygen atoms in total. The van der Waals surface area contributed by atoms with Crippen LogP contribution in [-0.2, 0) is 6.54 Å². The van der Waals surface area contributed by atoms with Gasteiger partial charge < -0.3 is 15.5 Å². The largest absolute Gasteiger partial charge is 0.370 e. The van der Waals surface area contributed by atoms with Crippen LogP contribution < -0.4 is 10.6 Å². The Labute approximate surface area is 170 Å². The van der Waals surface area contributed by atoms with Gasteiger partial charge in [0.1, 0.15) is 11.6 Å². The first-order valence-electron chi connectivity index (χ1n) is 9.71. The van der Waals surface area contributed by atoms with Crippen LogP contribution in [0.5, 0.6) is 0 Å². The van der Waals surface area contributed by atoms with E-state index in [0.29, 0.717) is 24.6 Å². The molecular formula is C21H26ClFN4O. The minimum Gasteiger partial charge on any atom is -0.370 e. The molecule has 2 aromatic rings. The van der Waals surface area contributed by atoms with Gasteiger partial charge in [0.15, 0.2) is 0 Å². The van der Waals surface area contributed by atoms with Crippen molar-refractivity contribution in [2.75, 3.05) is 31.5 Å². The van der Waals surface area contributed by atoms with E-state index < -0.39 is 5.82 Å². The summed E-state index contributed by atoms with van der Waals surface area (Å²) in [4.78, 5) is 19.0. The summed E-state index contributed by atoms with van der Waals surface area (Å²) in [6, 6.07) is 10.1. The third-order valence-electron chi connectivity index (χ3n) is 4.97. The number of aromatic nitrogens is 1. The van der Waals surface area contributed by atoms with Crippen LogP contribution in [0.15, 0.2) is 36.4 Å². The summed E-state index contributed by atoms with van der Waals surface area (Å²) in [6.07, 6.45) is 1.89. The lowest BCUT2D eigenvalue weighted by atomic mass is 9.96. The molecule has 150 valence electrons. The summed E-state index contributed by atoms with van der Waals surface area (Å²) >= 11 is 5.79. The van der Waals surface area contributed by atoms with E-state index >= 15 is 0 Å². The molecule has 0 aliphatic carbocycles. The van der Waals surface area contributed by atoms with E-state index in [1.807, 2.05) is 30.0 Å². The van der Waals surface area contributed by atoms with Crippen LogP contribution in [0.2, 0.25) is 5.02 Å². The summed E-state index contributed by atoms with van der Waals surface area (Å²) < 4.78 is 13.3. The Hall–Kier alpha value is -2.18. The van der Waals surface area contributed by atoms with E-state index in [-0.39, 0.29) is 10.9 Å². The van der Waals surface area contributed by atoms with Crippen molar-refractivity contribution in [3.05, 3.63) is 58.5 Å². The van der Waals surface area contributed by atoms with Gasteiger partial charge in [0.25, 0.3) is 5.91 Å². The minimum atomic E-state index is -0.506. The van der Waals surface area contributed by atoms with Crippen molar-refractivity contribution in [3.63, 3.8) is 0 Å². The third kappa shape index (κ3) is 5.42. The van der Waals surface area contributed by atoms with Gasteiger partial charge >= 0.3 is 0 Å². The SMILES string of the molecule is CCNc1cccc(CNCC2CCN(C(=O)c3ccc(F)c(Cl)c3)CC2)n1. The minimum absolute atomic E-state index is 0.0169. The number of piperidine rings is 1. The molecular weight excluding hydrogens is 379 g/mol. The van der Waals surface area contributed by atoms with Crippen molar-refractivity contribution >= 4 is 23.3 Å². The van der Waals surface area contributed by atoms with Crippen molar-refractivity contribution in [2.24, 2.45) is 5.92 Å². The Morgan fingerprint density at radius 3 is 2.79 bits per heavy atom. The smallest absolute Gasteiger partial charge is 0.253 e. The van der Waals surface area contributed by atoms with E-state index in [1.54, 1.807) is 0 Å². The highest BCUT2D eigenvalue weighted by Crippen LogP contribution is 2.21. The van der Waals surface area contributed by atoms with Crippen molar-refractivity contribution in [1.29, 1.82) is 0 Å². The average molecular weight is 405 g/mol. The summed E-state index contributed by atoms with van der Waals surface area (Å²) in [7, 11) is 0. The number of hydrogen-bond acceptors (Lipinski definition) is 4. The van der Waals surface area contributed by atoms with Crippen LogP contribution in [0.3, 0.4) is 0 Å². The molecule has 0 radical (unpaired) electrons. The molecule has 0 spiro atoms. The van der Waals surface area contributed by atoms with Gasteiger partial charge in [-0.05, 0) is 62.6 Å². The first-order chi connectivity index (χ1) is 13.6. The summed E-state index contributed by atoms with van der Waals surface area (Å²) in [6.45, 7) is 5.94. The van der Waals surface area contributed by atoms with E-state index in [2.05, 4.69) is 15.6 Å². The quantitative estimate of drug-likeness (QED) is 0.733. The van der Waals surface area contributed by atoms with Crippen LogP contribution in [0.4, 0.5) is 10.2 Å². The Morgan fingerprint density at radius 2 is 2.07 bits per heavy atom. The first-order valence-corrected chi connectivity index (χ1v) is 10.1. The number of nitrogens with zero attached hydrogens (tertiary/aromatic N) is 2. The van der Waals surface area contributed by atoms with Crippen LogP contribution >= 0.6 is 11.6 Å². The number of anilines is 1. The van der Waals surface area contributed by atoms with E-state index in [4.69, 9.17) is 11.6 Å². The molecule has 0 unspecified atom stereocenters. The van der Waals surface area contributed by atoms with Gasteiger partial charge in [0.05, 0.1) is 10.7 Å². The van der Waals surface area contributed by atoms with Gasteiger partial charge in [-0.3, -0.25) is 4.79 Å². The summed E-state index contributed by atoms with van der Waals surface area (Å²) in [5, 5.41) is 6.68. The van der Waals surface area contributed by atoms with Crippen LogP contribution in [0.1, 0.15) is 35.8 Å². The highest BCUT2D eigenvalue weighted by molar-refractivity contribution is 6.31. The summed E-state index contributed by atoms with van der Waals surface area (Å²) in [5.41, 5.74) is 1.45. The van der Waals surface area contributed by atoms with Crippen molar-refractivity contribution in [2.45, 2.75) is 26.3 Å². The normalized spacial score (nSPS) is 14.9. The Balaban J connectivity index is 1.43. The van der Waals surface area contributed by atoms with Crippen molar-refractivity contribution < 1.29 is 9.18 Å². The second-order valence-corrected chi connectivity index (χ2v) is 7.45. The number of rotatable bonds is 7. The fourth-order valence-electron chi connectivity index (χ4n) is 3.41. The third-order valence-corrected chi connectivity index (χ3v) is 5.26. The molecule has 1 saturated heterocycles. The number of amides is 1. The van der Waals surface area contributed by atoms with Gasteiger partial charge in [-0.2, -0.15) is 0 Å². The molecule has 1 aromatic heterocycles. The molecule has 2 heterocycles. The lowest BCUT2D eigenvalue weighted by Gasteiger charge is -2.32. The molecule has 2 N–H and O–H groups in total. The van der Waals surface area contributed by atoms with Crippen molar-refractivity contribution in [1.82, 2.24) is 15.2 Å². The molecule has 0 atom stereocenters. The lowest BCUT2D eigenvalue weighted by molar-refractivity contribution is 0.0690. The molecule has 1 aliphatic heterocycles. The fourth-order valence-corrected chi connectivity index (χ4v) is 3.59. The monoisotopic (exact) mass is 404 g/mol. The zero-order chi connectivity index (χ0) is 19.9. The highest BCUT2D eigenvalue weighted by Gasteiger charge is 2.24. The molecule has 1 fully saturated rings. The van der Waals surface area contributed by atoms with Crippen LogP contribution in [0, 0.1) is 11.7 Å². The second-order valence-electron chi connectivity index (χ2n) is 7.04. The first kappa shape index (κ1) is 20.6. The fraction of sp³-hybridized carbons (Fsp3) is 0.429. The number of nitrogens with one attached hydrogen (secondary N) is 2. The Bertz CT molecular complexity index is 809. The molecule has 3 rings (SSSR count). The van der Waals surface area contributed by atoms with Crippen LogP contribution in [0.25, 0.3) is 0 Å². The number of likely N-dealkylation sites (tertiary alicyclic amines) is 1. The average Bonchev–Trinajstić information content (AvgIpc) is 2.71. The van der Waals surface area contributed by atoms with Gasteiger partial charge in [0.2, 0.25) is 0 Å².